The number of hydrogen-bond donors (Lipinski definition) is 0. The van der Waals surface area contributed by atoms with Crippen LogP contribution in [0.4, 0.5) is 5.69 Å². The normalized spacial score (nSPS) is 13.0. The van der Waals surface area contributed by atoms with Crippen LogP contribution in [0.1, 0.15) is 5.56 Å². The van der Waals surface area contributed by atoms with Crippen LogP contribution in [-0.4, -0.2) is 28.8 Å². The predicted molar refractivity (Wildman–Crippen MR) is 111 cm³/mol. The van der Waals surface area contributed by atoms with Gasteiger partial charge in [-0.2, -0.15) is 5.10 Å². The third kappa shape index (κ3) is 3.71. The Balaban J connectivity index is 1.62. The van der Waals surface area contributed by atoms with E-state index in [-0.39, 0.29) is 18.0 Å². The van der Waals surface area contributed by atoms with Crippen LogP contribution in [0.15, 0.2) is 63.9 Å². The van der Waals surface area contributed by atoms with Crippen molar-refractivity contribution >= 4 is 27.5 Å². The number of benzene rings is 2. The summed E-state index contributed by atoms with van der Waals surface area (Å²) < 4.78 is 7.81. The number of nitrogens with zero attached hydrogens (tertiary/aromatic N) is 3. The van der Waals surface area contributed by atoms with Crippen LogP contribution in [0.2, 0.25) is 0 Å². The number of ether oxygens (including phenoxy) is 1. The van der Waals surface area contributed by atoms with Gasteiger partial charge in [0.25, 0.3) is 5.56 Å². The zero-order chi connectivity index (χ0) is 19.7. The summed E-state index contributed by atoms with van der Waals surface area (Å²) in [4.78, 5) is 26.9. The number of fused-ring (bicyclic) bond motifs is 1. The molecule has 0 aliphatic carbocycles. The molecule has 0 unspecified atom stereocenters. The van der Waals surface area contributed by atoms with Gasteiger partial charge in [0.1, 0.15) is 18.9 Å². The highest BCUT2D eigenvalue weighted by Gasteiger charge is 2.24. The van der Waals surface area contributed by atoms with Gasteiger partial charge in [-0.3, -0.25) is 9.59 Å². The second kappa shape index (κ2) is 7.59. The molecule has 3 aromatic rings. The van der Waals surface area contributed by atoms with E-state index < -0.39 is 0 Å². The van der Waals surface area contributed by atoms with Crippen LogP contribution in [0.25, 0.3) is 11.3 Å². The van der Waals surface area contributed by atoms with Crippen LogP contribution >= 0.6 is 15.9 Å². The van der Waals surface area contributed by atoms with E-state index in [0.717, 1.165) is 21.3 Å². The van der Waals surface area contributed by atoms with Crippen molar-refractivity contribution in [2.75, 3.05) is 18.1 Å². The van der Waals surface area contributed by atoms with Crippen molar-refractivity contribution in [3.63, 3.8) is 0 Å². The van der Waals surface area contributed by atoms with E-state index in [1.165, 1.54) is 10.7 Å². The molecule has 7 heteroatoms. The minimum Gasteiger partial charge on any atom is -0.490 e. The van der Waals surface area contributed by atoms with Crippen molar-refractivity contribution in [3.8, 4) is 17.0 Å². The lowest BCUT2D eigenvalue weighted by Gasteiger charge is -2.30. The number of aryl methyl sites for hydroxylation is 1. The first-order chi connectivity index (χ1) is 13.5. The number of rotatable bonds is 3. The van der Waals surface area contributed by atoms with Gasteiger partial charge in [-0.1, -0.05) is 34.1 Å². The molecular weight excluding hydrogens is 422 g/mol. The quantitative estimate of drug-likeness (QED) is 0.627. The number of hydrogen-bond acceptors (Lipinski definition) is 4. The molecule has 142 valence electrons. The molecule has 4 rings (SSSR count). The molecular formula is C21H18BrN3O3. The minimum atomic E-state index is -0.313. The number of carbonyl (C=O) groups excluding carboxylic acids is 1. The molecule has 0 N–H and O–H groups in total. The highest BCUT2D eigenvalue weighted by atomic mass is 79.9. The predicted octanol–water partition coefficient (Wildman–Crippen LogP) is 3.41. The Labute approximate surface area is 170 Å². The van der Waals surface area contributed by atoms with Gasteiger partial charge in [0.05, 0.1) is 17.9 Å². The fourth-order valence-electron chi connectivity index (χ4n) is 3.14. The summed E-state index contributed by atoms with van der Waals surface area (Å²) in [6, 6.07) is 16.5. The third-order valence-corrected chi connectivity index (χ3v) is 5.10. The van der Waals surface area contributed by atoms with Crippen molar-refractivity contribution < 1.29 is 9.53 Å². The Kier molecular flexibility index (Phi) is 5.00. The lowest BCUT2D eigenvalue weighted by atomic mass is 10.1. The molecule has 0 spiro atoms. The number of carbonyl (C=O) groups is 1. The molecule has 28 heavy (non-hydrogen) atoms. The molecule has 1 aliphatic rings. The standard InChI is InChI=1S/C21H18BrN3O3/c1-14-2-8-19-18(12-14)24(10-11-28-19)21(27)13-25-20(26)9-7-17(23-25)15-3-5-16(22)6-4-15/h2-9,12H,10-11,13H2,1H3. The summed E-state index contributed by atoms with van der Waals surface area (Å²) >= 11 is 3.40. The Morgan fingerprint density at radius 1 is 1.14 bits per heavy atom. The van der Waals surface area contributed by atoms with E-state index in [4.69, 9.17) is 4.74 Å². The smallest absolute Gasteiger partial charge is 0.267 e. The Morgan fingerprint density at radius 3 is 2.71 bits per heavy atom. The average Bonchev–Trinajstić information content (AvgIpc) is 2.69. The summed E-state index contributed by atoms with van der Waals surface area (Å²) in [7, 11) is 0. The largest absolute Gasteiger partial charge is 0.490 e. The lowest BCUT2D eigenvalue weighted by molar-refractivity contribution is -0.119. The molecule has 0 saturated carbocycles. The van der Waals surface area contributed by atoms with Gasteiger partial charge in [0.2, 0.25) is 5.91 Å². The van der Waals surface area contributed by atoms with E-state index in [2.05, 4.69) is 21.0 Å². The number of amides is 1. The molecule has 0 atom stereocenters. The Bertz CT molecular complexity index is 1090. The molecule has 2 heterocycles. The maximum atomic E-state index is 13.0. The van der Waals surface area contributed by atoms with Crippen molar-refractivity contribution in [2.24, 2.45) is 0 Å². The number of halogens is 1. The third-order valence-electron chi connectivity index (χ3n) is 4.57. The first kappa shape index (κ1) is 18.4. The van der Waals surface area contributed by atoms with Crippen molar-refractivity contribution in [3.05, 3.63) is 75.0 Å². The van der Waals surface area contributed by atoms with E-state index in [9.17, 15) is 9.59 Å². The molecule has 0 saturated heterocycles. The van der Waals surface area contributed by atoms with Gasteiger partial charge >= 0.3 is 0 Å². The maximum absolute atomic E-state index is 13.0. The van der Waals surface area contributed by atoms with E-state index in [0.29, 0.717) is 24.6 Å². The molecule has 6 nitrogen and oxygen atoms in total. The average molecular weight is 440 g/mol. The van der Waals surface area contributed by atoms with Gasteiger partial charge in [0, 0.05) is 16.1 Å². The van der Waals surface area contributed by atoms with Crippen LogP contribution in [0.3, 0.4) is 0 Å². The molecule has 0 radical (unpaired) electrons. The lowest BCUT2D eigenvalue weighted by Crippen LogP contribution is -2.41. The highest BCUT2D eigenvalue weighted by Crippen LogP contribution is 2.32. The van der Waals surface area contributed by atoms with E-state index in [1.807, 2.05) is 49.4 Å². The molecule has 1 aromatic heterocycles. The summed E-state index contributed by atoms with van der Waals surface area (Å²) in [5.74, 6) is 0.479. The molecule has 0 fully saturated rings. The summed E-state index contributed by atoms with van der Waals surface area (Å²) in [5, 5.41) is 4.39. The van der Waals surface area contributed by atoms with Crippen molar-refractivity contribution in [1.82, 2.24) is 9.78 Å². The SMILES string of the molecule is Cc1ccc2c(c1)N(C(=O)Cn1nc(-c3ccc(Br)cc3)ccc1=O)CCO2. The summed E-state index contributed by atoms with van der Waals surface area (Å²) in [6.45, 7) is 2.70. The van der Waals surface area contributed by atoms with Crippen LogP contribution in [0, 0.1) is 6.92 Å². The molecule has 1 amide bonds. The monoisotopic (exact) mass is 439 g/mol. The number of aromatic nitrogens is 2. The fourth-order valence-corrected chi connectivity index (χ4v) is 3.40. The highest BCUT2D eigenvalue weighted by molar-refractivity contribution is 9.10. The molecule has 2 aromatic carbocycles. The Morgan fingerprint density at radius 2 is 1.93 bits per heavy atom. The zero-order valence-electron chi connectivity index (χ0n) is 15.3. The number of anilines is 1. The van der Waals surface area contributed by atoms with E-state index in [1.54, 1.807) is 11.0 Å². The zero-order valence-corrected chi connectivity index (χ0v) is 16.8. The van der Waals surface area contributed by atoms with Crippen LogP contribution in [-0.2, 0) is 11.3 Å². The van der Waals surface area contributed by atoms with Gasteiger partial charge in [-0.25, -0.2) is 4.68 Å². The first-order valence-corrected chi connectivity index (χ1v) is 9.68. The maximum Gasteiger partial charge on any atom is 0.267 e. The van der Waals surface area contributed by atoms with E-state index >= 15 is 0 Å². The summed E-state index contributed by atoms with van der Waals surface area (Å²) in [5.41, 5.74) is 2.96. The van der Waals surface area contributed by atoms with Gasteiger partial charge in [-0.15, -0.1) is 0 Å². The first-order valence-electron chi connectivity index (χ1n) is 8.89. The Hall–Kier alpha value is -2.93. The van der Waals surface area contributed by atoms with Crippen LogP contribution < -0.4 is 15.2 Å². The van der Waals surface area contributed by atoms with Crippen LogP contribution in [0.5, 0.6) is 5.75 Å². The van der Waals surface area contributed by atoms with Gasteiger partial charge in [-0.05, 0) is 42.8 Å². The van der Waals surface area contributed by atoms with Gasteiger partial charge < -0.3 is 9.64 Å². The second-order valence-electron chi connectivity index (χ2n) is 6.59. The second-order valence-corrected chi connectivity index (χ2v) is 7.50. The van der Waals surface area contributed by atoms with Crippen molar-refractivity contribution in [2.45, 2.75) is 13.5 Å². The fraction of sp³-hybridized carbons (Fsp3) is 0.190. The summed E-state index contributed by atoms with van der Waals surface area (Å²) in [6.07, 6.45) is 0. The minimum absolute atomic E-state index is 0.128. The van der Waals surface area contributed by atoms with Gasteiger partial charge in [0.15, 0.2) is 0 Å². The van der Waals surface area contributed by atoms with Crippen molar-refractivity contribution in [1.29, 1.82) is 0 Å². The molecule has 1 aliphatic heterocycles. The topological polar surface area (TPSA) is 64.4 Å². The molecule has 0 bridgehead atoms.